The van der Waals surface area contributed by atoms with Gasteiger partial charge in [-0.15, -0.1) is 0 Å². The van der Waals surface area contributed by atoms with Crippen LogP contribution in [0.25, 0.3) is 0 Å². The molecule has 0 bridgehead atoms. The molecule has 1 atom stereocenters. The van der Waals surface area contributed by atoms with Crippen LogP contribution in [0.3, 0.4) is 0 Å². The predicted octanol–water partition coefficient (Wildman–Crippen LogP) is 2.44. The number of hydrogen-bond donors (Lipinski definition) is 1. The van der Waals surface area contributed by atoms with Crippen molar-refractivity contribution in [2.75, 3.05) is 7.05 Å². The van der Waals surface area contributed by atoms with E-state index in [0.717, 1.165) is 5.56 Å². The van der Waals surface area contributed by atoms with Crippen molar-refractivity contribution in [1.82, 2.24) is 14.3 Å². The molecule has 0 radical (unpaired) electrons. The Morgan fingerprint density at radius 2 is 2.16 bits per heavy atom. The third-order valence-electron chi connectivity index (χ3n) is 3.01. The van der Waals surface area contributed by atoms with Gasteiger partial charge in [0.2, 0.25) is 0 Å². The summed E-state index contributed by atoms with van der Waals surface area (Å²) >= 11 is 5.92. The number of imidazole rings is 1. The van der Waals surface area contributed by atoms with Crippen molar-refractivity contribution in [2.24, 2.45) is 0 Å². The lowest BCUT2D eigenvalue weighted by Crippen LogP contribution is -2.30. The number of halogens is 1. The lowest BCUT2D eigenvalue weighted by Gasteiger charge is -2.24. The summed E-state index contributed by atoms with van der Waals surface area (Å²) < 4.78 is 25.9. The zero-order valence-electron chi connectivity index (χ0n) is 10.5. The second-order valence-corrected chi connectivity index (χ2v) is 6.57. The summed E-state index contributed by atoms with van der Waals surface area (Å²) in [6.45, 7) is 1.81. The van der Waals surface area contributed by atoms with Crippen LogP contribution < -0.4 is 0 Å². The summed E-state index contributed by atoms with van der Waals surface area (Å²) in [6, 6.07) is 6.82. The van der Waals surface area contributed by atoms with Crippen LogP contribution in [0.15, 0.2) is 41.8 Å². The first-order valence-electron chi connectivity index (χ1n) is 5.65. The monoisotopic (exact) mass is 299 g/mol. The van der Waals surface area contributed by atoms with Crippen molar-refractivity contribution in [2.45, 2.75) is 18.0 Å². The molecule has 0 aliphatic rings. The van der Waals surface area contributed by atoms with Gasteiger partial charge in [0.1, 0.15) is 0 Å². The van der Waals surface area contributed by atoms with Crippen molar-refractivity contribution in [3.05, 3.63) is 47.4 Å². The Morgan fingerprint density at radius 3 is 2.74 bits per heavy atom. The van der Waals surface area contributed by atoms with E-state index < -0.39 is 10.0 Å². The third kappa shape index (κ3) is 2.80. The second kappa shape index (κ2) is 5.32. The van der Waals surface area contributed by atoms with E-state index in [1.807, 2.05) is 6.07 Å². The maximum Gasteiger partial charge on any atom is 0.260 e. The highest BCUT2D eigenvalue weighted by Crippen LogP contribution is 2.26. The Kier molecular flexibility index (Phi) is 3.93. The zero-order chi connectivity index (χ0) is 14.0. The smallest absolute Gasteiger partial charge is 0.260 e. The number of benzene rings is 1. The largest absolute Gasteiger partial charge is 0.335 e. The molecule has 1 N–H and O–H groups in total. The van der Waals surface area contributed by atoms with Crippen molar-refractivity contribution in [1.29, 1.82) is 0 Å². The molecule has 7 heteroatoms. The minimum absolute atomic E-state index is 0.0730. The molecule has 0 saturated heterocycles. The highest BCUT2D eigenvalue weighted by molar-refractivity contribution is 7.89. The number of sulfonamides is 1. The van der Waals surface area contributed by atoms with Gasteiger partial charge in [-0.1, -0.05) is 23.7 Å². The minimum Gasteiger partial charge on any atom is -0.335 e. The number of aromatic nitrogens is 2. The van der Waals surface area contributed by atoms with Gasteiger partial charge in [0, 0.05) is 18.1 Å². The molecular weight excluding hydrogens is 286 g/mol. The summed E-state index contributed by atoms with van der Waals surface area (Å²) in [4.78, 5) is 6.34. The molecule has 19 heavy (non-hydrogen) atoms. The molecular formula is C12H14ClN3O2S. The van der Waals surface area contributed by atoms with Gasteiger partial charge < -0.3 is 4.98 Å². The molecule has 5 nitrogen and oxygen atoms in total. The first-order chi connectivity index (χ1) is 8.93. The van der Waals surface area contributed by atoms with Gasteiger partial charge in [0.25, 0.3) is 10.0 Å². The number of rotatable bonds is 4. The molecule has 1 unspecified atom stereocenters. The molecule has 0 spiro atoms. The van der Waals surface area contributed by atoms with Crippen molar-refractivity contribution >= 4 is 21.6 Å². The summed E-state index contributed by atoms with van der Waals surface area (Å²) in [7, 11) is -2.05. The topological polar surface area (TPSA) is 66.1 Å². The molecule has 0 aliphatic carbocycles. The van der Waals surface area contributed by atoms with Crippen molar-refractivity contribution in [3.63, 3.8) is 0 Å². The Balaban J connectivity index is 2.32. The molecule has 1 aromatic carbocycles. The van der Waals surface area contributed by atoms with E-state index in [1.165, 1.54) is 23.9 Å². The van der Waals surface area contributed by atoms with Crippen LogP contribution in [-0.4, -0.2) is 29.7 Å². The van der Waals surface area contributed by atoms with E-state index in [9.17, 15) is 8.42 Å². The van der Waals surface area contributed by atoms with Gasteiger partial charge in [-0.2, -0.15) is 4.31 Å². The number of aromatic amines is 1. The van der Waals surface area contributed by atoms with Crippen LogP contribution in [0, 0.1) is 0 Å². The number of nitrogens with zero attached hydrogens (tertiary/aromatic N) is 2. The number of H-pyrrole nitrogens is 1. The molecule has 2 rings (SSSR count). The van der Waals surface area contributed by atoms with Gasteiger partial charge in [0.05, 0.1) is 12.5 Å². The Hall–Kier alpha value is -1.37. The normalized spacial score (nSPS) is 13.7. The Bertz CT molecular complexity index is 655. The standard InChI is InChI=1S/C12H14ClN3O2S/c1-9(10-4-3-5-11(13)6-10)16(2)19(17,18)12-7-14-8-15-12/h3-9H,1-2H3,(H,14,15). The first-order valence-corrected chi connectivity index (χ1v) is 7.46. The fourth-order valence-electron chi connectivity index (χ4n) is 1.72. The average molecular weight is 300 g/mol. The molecule has 102 valence electrons. The van der Waals surface area contributed by atoms with Crippen molar-refractivity contribution in [3.8, 4) is 0 Å². The molecule has 0 fully saturated rings. The van der Waals surface area contributed by atoms with E-state index in [2.05, 4.69) is 9.97 Å². The summed E-state index contributed by atoms with van der Waals surface area (Å²) in [5.74, 6) is 0. The number of hydrogen-bond acceptors (Lipinski definition) is 3. The maximum atomic E-state index is 12.3. The zero-order valence-corrected chi connectivity index (χ0v) is 12.1. The molecule has 1 heterocycles. The van der Waals surface area contributed by atoms with E-state index in [4.69, 9.17) is 11.6 Å². The maximum absolute atomic E-state index is 12.3. The lowest BCUT2D eigenvalue weighted by atomic mass is 10.1. The third-order valence-corrected chi connectivity index (χ3v) is 5.10. The summed E-state index contributed by atoms with van der Waals surface area (Å²) in [5.41, 5.74) is 0.832. The summed E-state index contributed by atoms with van der Waals surface area (Å²) in [5, 5.41) is 0.653. The first kappa shape index (κ1) is 14.0. The quantitative estimate of drug-likeness (QED) is 0.943. The number of nitrogens with one attached hydrogen (secondary N) is 1. The van der Waals surface area contributed by atoms with Crippen molar-refractivity contribution < 1.29 is 8.42 Å². The fraction of sp³-hybridized carbons (Fsp3) is 0.250. The van der Waals surface area contributed by atoms with Crippen LogP contribution in [0.2, 0.25) is 5.02 Å². The van der Waals surface area contributed by atoms with Crippen LogP contribution >= 0.6 is 11.6 Å². The molecule has 2 aromatic rings. The van der Waals surface area contributed by atoms with Gasteiger partial charge >= 0.3 is 0 Å². The second-order valence-electron chi connectivity index (χ2n) is 4.17. The van der Waals surface area contributed by atoms with Gasteiger partial charge in [-0.3, -0.25) is 0 Å². The van der Waals surface area contributed by atoms with Gasteiger partial charge in [-0.25, -0.2) is 13.4 Å². The SMILES string of the molecule is CC(c1cccc(Cl)c1)N(C)S(=O)(=O)c1cnc[nH]1. The fourth-order valence-corrected chi connectivity index (χ4v) is 3.17. The van der Waals surface area contributed by atoms with E-state index >= 15 is 0 Å². The Labute approximate surface area is 117 Å². The van der Waals surface area contributed by atoms with E-state index in [-0.39, 0.29) is 11.1 Å². The van der Waals surface area contributed by atoms with Crippen LogP contribution in [0.4, 0.5) is 0 Å². The van der Waals surface area contributed by atoms with Crippen LogP contribution in [0.5, 0.6) is 0 Å². The minimum atomic E-state index is -3.58. The van der Waals surface area contributed by atoms with E-state index in [1.54, 1.807) is 25.1 Å². The molecule has 0 aliphatic heterocycles. The highest BCUT2D eigenvalue weighted by atomic mass is 35.5. The Morgan fingerprint density at radius 1 is 1.42 bits per heavy atom. The molecule has 1 aromatic heterocycles. The average Bonchev–Trinajstić information content (AvgIpc) is 2.91. The predicted molar refractivity (Wildman–Crippen MR) is 73.4 cm³/mol. The lowest BCUT2D eigenvalue weighted by molar-refractivity contribution is 0.397. The van der Waals surface area contributed by atoms with Crippen LogP contribution in [0.1, 0.15) is 18.5 Å². The summed E-state index contributed by atoms with van der Waals surface area (Å²) in [6.07, 6.45) is 2.63. The van der Waals surface area contributed by atoms with E-state index in [0.29, 0.717) is 5.02 Å². The highest BCUT2D eigenvalue weighted by Gasteiger charge is 2.27. The van der Waals surface area contributed by atoms with Crippen LogP contribution in [-0.2, 0) is 10.0 Å². The van der Waals surface area contributed by atoms with Gasteiger partial charge in [0.15, 0.2) is 5.03 Å². The molecule has 0 saturated carbocycles. The molecule has 0 amide bonds. The van der Waals surface area contributed by atoms with Gasteiger partial charge in [-0.05, 0) is 24.6 Å².